The fraction of sp³-hybridized carbons (Fsp3) is 0.167. The Balaban J connectivity index is 1.34. The van der Waals surface area contributed by atoms with Crippen molar-refractivity contribution in [2.45, 2.75) is 27.0 Å². The Morgan fingerprint density at radius 3 is 2.60 bits per heavy atom. The van der Waals surface area contributed by atoms with Gasteiger partial charge in [0, 0.05) is 6.20 Å². The van der Waals surface area contributed by atoms with E-state index < -0.39 is 0 Å². The molecule has 0 saturated carbocycles. The predicted molar refractivity (Wildman–Crippen MR) is 115 cm³/mol. The lowest BCUT2D eigenvalue weighted by molar-refractivity contribution is 0.0992. The molecule has 1 amide bonds. The SMILES string of the molecule is Cc1cc(C)cc(OCc2ccc(C(=O)Nc3cnn(Cc4ccccc4)c3)o2)c1. The molecule has 2 heterocycles. The molecule has 6 nitrogen and oxygen atoms in total. The van der Waals surface area contributed by atoms with Crippen LogP contribution >= 0.6 is 0 Å². The number of anilines is 1. The molecule has 152 valence electrons. The molecule has 0 fully saturated rings. The number of hydrogen-bond acceptors (Lipinski definition) is 4. The largest absolute Gasteiger partial charge is 0.486 e. The summed E-state index contributed by atoms with van der Waals surface area (Å²) < 4.78 is 13.2. The molecular formula is C24H23N3O3. The summed E-state index contributed by atoms with van der Waals surface area (Å²) in [6.45, 7) is 4.94. The first-order valence-corrected chi connectivity index (χ1v) is 9.73. The van der Waals surface area contributed by atoms with Crippen molar-refractivity contribution in [3.05, 3.63) is 101 Å². The Labute approximate surface area is 175 Å². The molecule has 4 rings (SSSR count). The van der Waals surface area contributed by atoms with E-state index in [-0.39, 0.29) is 18.3 Å². The molecular weight excluding hydrogens is 378 g/mol. The summed E-state index contributed by atoms with van der Waals surface area (Å²) >= 11 is 0. The van der Waals surface area contributed by atoms with Crippen LogP contribution in [0.5, 0.6) is 5.75 Å². The van der Waals surface area contributed by atoms with Gasteiger partial charge in [0.05, 0.1) is 18.4 Å². The van der Waals surface area contributed by atoms with E-state index in [0.717, 1.165) is 22.4 Å². The van der Waals surface area contributed by atoms with E-state index in [1.54, 1.807) is 29.2 Å². The fourth-order valence-electron chi connectivity index (χ4n) is 3.23. The summed E-state index contributed by atoms with van der Waals surface area (Å²) in [5.74, 6) is 1.26. The third kappa shape index (κ3) is 4.97. The minimum Gasteiger partial charge on any atom is -0.486 e. The zero-order valence-corrected chi connectivity index (χ0v) is 17.0. The summed E-state index contributed by atoms with van der Waals surface area (Å²) in [4.78, 5) is 12.5. The summed E-state index contributed by atoms with van der Waals surface area (Å²) in [5, 5.41) is 7.10. The van der Waals surface area contributed by atoms with Crippen LogP contribution in [0.15, 0.2) is 77.5 Å². The van der Waals surface area contributed by atoms with Crippen molar-refractivity contribution in [1.82, 2.24) is 9.78 Å². The highest BCUT2D eigenvalue weighted by molar-refractivity contribution is 6.02. The van der Waals surface area contributed by atoms with Crippen LogP contribution in [0, 0.1) is 13.8 Å². The van der Waals surface area contributed by atoms with Crippen LogP contribution in [0.3, 0.4) is 0 Å². The second kappa shape index (κ2) is 8.69. The van der Waals surface area contributed by atoms with Gasteiger partial charge in [-0.1, -0.05) is 36.4 Å². The Hall–Kier alpha value is -3.80. The number of benzene rings is 2. The average molecular weight is 401 g/mol. The minimum absolute atomic E-state index is 0.227. The highest BCUT2D eigenvalue weighted by Crippen LogP contribution is 2.19. The maximum atomic E-state index is 12.5. The van der Waals surface area contributed by atoms with Crippen molar-refractivity contribution >= 4 is 11.6 Å². The van der Waals surface area contributed by atoms with Crippen LogP contribution in [0.1, 0.15) is 33.0 Å². The maximum absolute atomic E-state index is 12.5. The van der Waals surface area contributed by atoms with Gasteiger partial charge in [-0.15, -0.1) is 0 Å². The van der Waals surface area contributed by atoms with E-state index in [1.165, 1.54) is 0 Å². The van der Waals surface area contributed by atoms with Crippen LogP contribution in [0.25, 0.3) is 0 Å². The zero-order valence-electron chi connectivity index (χ0n) is 17.0. The standard InChI is InChI=1S/C24H23N3O3/c1-17-10-18(2)12-22(11-17)29-16-21-8-9-23(30-21)24(28)26-20-13-25-27(15-20)14-19-6-4-3-5-7-19/h3-13,15H,14,16H2,1-2H3,(H,26,28). The third-order valence-corrected chi connectivity index (χ3v) is 4.54. The lowest BCUT2D eigenvalue weighted by Crippen LogP contribution is -2.10. The first-order chi connectivity index (χ1) is 14.5. The monoisotopic (exact) mass is 401 g/mol. The van der Waals surface area contributed by atoms with Gasteiger partial charge in [-0.05, 0) is 54.8 Å². The number of amides is 1. The van der Waals surface area contributed by atoms with E-state index in [1.807, 2.05) is 56.3 Å². The van der Waals surface area contributed by atoms with Crippen LogP contribution in [-0.4, -0.2) is 15.7 Å². The molecule has 0 spiro atoms. The molecule has 0 bridgehead atoms. The van der Waals surface area contributed by atoms with Gasteiger partial charge < -0.3 is 14.5 Å². The van der Waals surface area contributed by atoms with Gasteiger partial charge in [0.25, 0.3) is 5.91 Å². The smallest absolute Gasteiger partial charge is 0.291 e. The van der Waals surface area contributed by atoms with Crippen molar-refractivity contribution in [2.24, 2.45) is 0 Å². The van der Waals surface area contributed by atoms with Gasteiger partial charge in [-0.2, -0.15) is 5.10 Å². The topological polar surface area (TPSA) is 69.3 Å². The molecule has 0 unspecified atom stereocenters. The molecule has 0 atom stereocenters. The van der Waals surface area contributed by atoms with E-state index in [0.29, 0.717) is 18.0 Å². The lowest BCUT2D eigenvalue weighted by Gasteiger charge is -2.06. The first kappa shape index (κ1) is 19.5. The molecule has 0 aliphatic heterocycles. The Morgan fingerprint density at radius 1 is 1.07 bits per heavy atom. The molecule has 30 heavy (non-hydrogen) atoms. The minimum atomic E-state index is -0.327. The Morgan fingerprint density at radius 2 is 1.83 bits per heavy atom. The summed E-state index contributed by atoms with van der Waals surface area (Å²) in [7, 11) is 0. The van der Waals surface area contributed by atoms with Crippen molar-refractivity contribution in [1.29, 1.82) is 0 Å². The normalized spacial score (nSPS) is 10.7. The highest BCUT2D eigenvalue weighted by atomic mass is 16.5. The highest BCUT2D eigenvalue weighted by Gasteiger charge is 2.13. The fourth-order valence-corrected chi connectivity index (χ4v) is 3.23. The second-order valence-electron chi connectivity index (χ2n) is 7.24. The summed E-state index contributed by atoms with van der Waals surface area (Å²) in [6, 6.07) is 19.4. The third-order valence-electron chi connectivity index (χ3n) is 4.54. The molecule has 6 heteroatoms. The molecule has 1 N–H and O–H groups in total. The van der Waals surface area contributed by atoms with Crippen LogP contribution in [-0.2, 0) is 13.2 Å². The van der Waals surface area contributed by atoms with E-state index in [4.69, 9.17) is 9.15 Å². The van der Waals surface area contributed by atoms with Crippen LogP contribution in [0.2, 0.25) is 0 Å². The van der Waals surface area contributed by atoms with E-state index in [9.17, 15) is 4.79 Å². The van der Waals surface area contributed by atoms with Gasteiger partial charge in [0.15, 0.2) is 5.76 Å². The number of carbonyl (C=O) groups is 1. The Kier molecular flexibility index (Phi) is 5.66. The number of aromatic nitrogens is 2. The second-order valence-corrected chi connectivity index (χ2v) is 7.24. The number of rotatable bonds is 7. The zero-order chi connectivity index (χ0) is 20.9. The molecule has 0 aliphatic carbocycles. The molecule has 0 radical (unpaired) electrons. The lowest BCUT2D eigenvalue weighted by atomic mass is 10.1. The van der Waals surface area contributed by atoms with Gasteiger partial charge in [0.2, 0.25) is 0 Å². The van der Waals surface area contributed by atoms with Crippen LogP contribution < -0.4 is 10.1 Å². The number of nitrogens with one attached hydrogen (secondary N) is 1. The maximum Gasteiger partial charge on any atom is 0.291 e. The van der Waals surface area contributed by atoms with E-state index >= 15 is 0 Å². The Bertz CT molecular complexity index is 1130. The molecule has 4 aromatic rings. The summed E-state index contributed by atoms with van der Waals surface area (Å²) in [6.07, 6.45) is 3.41. The molecule has 2 aromatic carbocycles. The van der Waals surface area contributed by atoms with Crippen molar-refractivity contribution < 1.29 is 13.9 Å². The van der Waals surface area contributed by atoms with Gasteiger partial charge in [0.1, 0.15) is 18.1 Å². The average Bonchev–Trinajstić information content (AvgIpc) is 3.36. The number of ether oxygens (including phenoxy) is 1. The number of furan rings is 1. The van der Waals surface area contributed by atoms with Gasteiger partial charge in [-0.25, -0.2) is 0 Å². The van der Waals surface area contributed by atoms with Crippen LogP contribution in [0.4, 0.5) is 5.69 Å². The number of nitrogens with zero attached hydrogens (tertiary/aromatic N) is 2. The summed E-state index contributed by atoms with van der Waals surface area (Å²) in [5.41, 5.74) is 4.02. The number of aryl methyl sites for hydroxylation is 2. The first-order valence-electron chi connectivity index (χ1n) is 9.73. The van der Waals surface area contributed by atoms with E-state index in [2.05, 4.69) is 16.5 Å². The van der Waals surface area contributed by atoms with Crippen molar-refractivity contribution in [3.8, 4) is 5.75 Å². The quantitative estimate of drug-likeness (QED) is 0.475. The molecule has 0 saturated heterocycles. The molecule has 0 aliphatic rings. The number of carbonyl (C=O) groups excluding carboxylic acids is 1. The van der Waals surface area contributed by atoms with Gasteiger partial charge >= 0.3 is 0 Å². The predicted octanol–water partition coefficient (Wildman–Crippen LogP) is 4.97. The van der Waals surface area contributed by atoms with Crippen molar-refractivity contribution in [2.75, 3.05) is 5.32 Å². The molecule has 2 aromatic heterocycles. The number of hydrogen-bond donors (Lipinski definition) is 1. The van der Waals surface area contributed by atoms with Gasteiger partial charge in [-0.3, -0.25) is 9.48 Å². The van der Waals surface area contributed by atoms with Crippen molar-refractivity contribution in [3.63, 3.8) is 0 Å².